The summed E-state index contributed by atoms with van der Waals surface area (Å²) in [5.74, 6) is 0. The van der Waals surface area contributed by atoms with E-state index < -0.39 is 0 Å². The first-order chi connectivity index (χ1) is 5.16. The molecule has 0 unspecified atom stereocenters. The molecular formula is C10H19N. The van der Waals surface area contributed by atoms with Gasteiger partial charge in [0.1, 0.15) is 0 Å². The third-order valence-corrected chi connectivity index (χ3v) is 0.822. The van der Waals surface area contributed by atoms with Gasteiger partial charge in [0.25, 0.3) is 0 Å². The van der Waals surface area contributed by atoms with Crippen LogP contribution in [0.15, 0.2) is 29.4 Å². The second-order valence-corrected chi connectivity index (χ2v) is 2.18. The lowest BCUT2D eigenvalue weighted by Crippen LogP contribution is -1.79. The molecule has 0 radical (unpaired) electrons. The van der Waals surface area contributed by atoms with Crippen molar-refractivity contribution in [3.63, 3.8) is 0 Å². The second-order valence-electron chi connectivity index (χ2n) is 2.18. The highest BCUT2D eigenvalue weighted by molar-refractivity contribution is 5.92. The summed E-state index contributed by atoms with van der Waals surface area (Å²) in [6.45, 7) is 13.5. The second kappa shape index (κ2) is 9.15. The van der Waals surface area contributed by atoms with E-state index in [1.807, 2.05) is 40.8 Å². The van der Waals surface area contributed by atoms with E-state index in [0.717, 1.165) is 5.71 Å². The van der Waals surface area contributed by atoms with Gasteiger partial charge >= 0.3 is 0 Å². The van der Waals surface area contributed by atoms with Gasteiger partial charge in [-0.05, 0) is 26.8 Å². The molecule has 0 amide bonds. The number of nitrogens with zero attached hydrogens (tertiary/aromatic N) is 1. The molecule has 1 heteroatoms. The van der Waals surface area contributed by atoms with Crippen molar-refractivity contribution in [3.8, 4) is 0 Å². The Bertz CT molecular complexity index is 148. The van der Waals surface area contributed by atoms with E-state index in [1.54, 1.807) is 6.08 Å². The normalized spacial score (nSPS) is 9.36. The van der Waals surface area contributed by atoms with Crippen LogP contribution in [0.5, 0.6) is 0 Å². The van der Waals surface area contributed by atoms with Gasteiger partial charge in [-0.15, -0.1) is 0 Å². The van der Waals surface area contributed by atoms with Crippen LogP contribution in [-0.4, -0.2) is 5.71 Å². The molecule has 0 saturated carbocycles. The Hall–Kier alpha value is -0.850. The summed E-state index contributed by atoms with van der Waals surface area (Å²) in [7, 11) is 0. The summed E-state index contributed by atoms with van der Waals surface area (Å²) in [5, 5.41) is 0. The molecule has 0 aliphatic rings. The molecule has 0 aliphatic carbocycles. The maximum absolute atomic E-state index is 4.08. The summed E-state index contributed by atoms with van der Waals surface area (Å²) in [6, 6.07) is 0. The molecule has 0 spiro atoms. The van der Waals surface area contributed by atoms with Crippen molar-refractivity contribution in [1.82, 2.24) is 0 Å². The highest BCUT2D eigenvalue weighted by atomic mass is 14.7. The van der Waals surface area contributed by atoms with Crippen molar-refractivity contribution in [2.45, 2.75) is 34.6 Å². The Balaban J connectivity index is 0. The molecule has 0 bridgehead atoms. The predicted molar refractivity (Wildman–Crippen MR) is 54.1 cm³/mol. The summed E-state index contributed by atoms with van der Waals surface area (Å²) in [4.78, 5) is 4.08. The number of aliphatic imine (C=N–C) groups is 1. The van der Waals surface area contributed by atoms with E-state index in [9.17, 15) is 0 Å². The fraction of sp³-hybridized carbons (Fsp3) is 0.500. The summed E-state index contributed by atoms with van der Waals surface area (Å²) in [5.41, 5.74) is 2.16. The molecular weight excluding hydrogens is 134 g/mol. The fourth-order valence-corrected chi connectivity index (χ4v) is 0.284. The molecule has 11 heavy (non-hydrogen) atoms. The van der Waals surface area contributed by atoms with Gasteiger partial charge in [0.05, 0.1) is 0 Å². The molecule has 64 valence electrons. The first-order valence-electron chi connectivity index (χ1n) is 3.97. The minimum Gasteiger partial charge on any atom is -0.262 e. The van der Waals surface area contributed by atoms with Crippen LogP contribution in [0.25, 0.3) is 0 Å². The van der Waals surface area contributed by atoms with Crippen LogP contribution in [0, 0.1) is 0 Å². The summed E-state index contributed by atoms with van der Waals surface area (Å²) >= 11 is 0. The minimum absolute atomic E-state index is 0.955. The summed E-state index contributed by atoms with van der Waals surface area (Å²) in [6.07, 6.45) is 3.57. The minimum atomic E-state index is 0.955. The highest BCUT2D eigenvalue weighted by Crippen LogP contribution is 1.89. The molecule has 0 aromatic rings. The average molecular weight is 153 g/mol. The van der Waals surface area contributed by atoms with Crippen LogP contribution in [0.2, 0.25) is 0 Å². The fourth-order valence-electron chi connectivity index (χ4n) is 0.284. The Labute approximate surface area is 70.5 Å². The van der Waals surface area contributed by atoms with Crippen molar-refractivity contribution < 1.29 is 0 Å². The Morgan fingerprint density at radius 1 is 1.18 bits per heavy atom. The van der Waals surface area contributed by atoms with Gasteiger partial charge in [-0.3, -0.25) is 4.99 Å². The monoisotopic (exact) mass is 153 g/mol. The lowest BCUT2D eigenvalue weighted by Gasteiger charge is -1.85. The third-order valence-electron chi connectivity index (χ3n) is 0.822. The molecule has 0 heterocycles. The van der Waals surface area contributed by atoms with Crippen molar-refractivity contribution in [2.24, 2.45) is 4.99 Å². The van der Waals surface area contributed by atoms with Gasteiger partial charge in [0, 0.05) is 11.9 Å². The zero-order valence-electron chi connectivity index (χ0n) is 8.31. The van der Waals surface area contributed by atoms with Crippen LogP contribution >= 0.6 is 0 Å². The number of rotatable bonds is 2. The van der Waals surface area contributed by atoms with Crippen LogP contribution in [0.1, 0.15) is 34.6 Å². The zero-order valence-corrected chi connectivity index (χ0v) is 8.31. The quantitative estimate of drug-likeness (QED) is 0.538. The van der Waals surface area contributed by atoms with Crippen LogP contribution in [0.4, 0.5) is 0 Å². The third kappa shape index (κ3) is 12.4. The van der Waals surface area contributed by atoms with Gasteiger partial charge in [0.15, 0.2) is 0 Å². The van der Waals surface area contributed by atoms with E-state index in [4.69, 9.17) is 0 Å². The lowest BCUT2D eigenvalue weighted by molar-refractivity contribution is 1.33. The van der Waals surface area contributed by atoms with E-state index in [-0.39, 0.29) is 0 Å². The number of hydrogen-bond acceptors (Lipinski definition) is 1. The van der Waals surface area contributed by atoms with Crippen molar-refractivity contribution >= 4 is 5.71 Å². The molecule has 0 rings (SSSR count). The van der Waals surface area contributed by atoms with Crippen LogP contribution < -0.4 is 0 Å². The van der Waals surface area contributed by atoms with E-state index >= 15 is 0 Å². The molecule has 0 aromatic carbocycles. The zero-order chi connectivity index (χ0) is 9.28. The topological polar surface area (TPSA) is 12.4 Å². The Morgan fingerprint density at radius 2 is 1.64 bits per heavy atom. The smallest absolute Gasteiger partial charge is 0.0366 e. The average Bonchev–Trinajstić information content (AvgIpc) is 2.04. The van der Waals surface area contributed by atoms with Crippen LogP contribution in [-0.2, 0) is 0 Å². The van der Waals surface area contributed by atoms with E-state index in [0.29, 0.717) is 0 Å². The molecule has 0 N–H and O–H groups in total. The predicted octanol–water partition coefficient (Wildman–Crippen LogP) is 3.58. The number of hydrogen-bond donors (Lipinski definition) is 0. The van der Waals surface area contributed by atoms with E-state index in [1.165, 1.54) is 5.57 Å². The maximum atomic E-state index is 4.08. The van der Waals surface area contributed by atoms with Gasteiger partial charge in [-0.25, -0.2) is 0 Å². The maximum Gasteiger partial charge on any atom is 0.0366 e. The lowest BCUT2D eigenvalue weighted by atomic mass is 10.4. The molecule has 1 nitrogen and oxygen atoms in total. The van der Waals surface area contributed by atoms with Crippen molar-refractivity contribution in [1.29, 1.82) is 0 Å². The van der Waals surface area contributed by atoms with Crippen molar-refractivity contribution in [3.05, 3.63) is 24.4 Å². The highest BCUT2D eigenvalue weighted by Gasteiger charge is 1.75. The Morgan fingerprint density at radius 3 is 1.91 bits per heavy atom. The van der Waals surface area contributed by atoms with Gasteiger partial charge in [0.2, 0.25) is 0 Å². The molecule has 0 aromatic heterocycles. The van der Waals surface area contributed by atoms with Crippen LogP contribution in [0.3, 0.4) is 0 Å². The first kappa shape index (κ1) is 12.8. The molecule has 0 atom stereocenters. The standard InChI is InChI=1S/C8H13N.C2H6/c1-5-8(4)9-6-7(2)3;1-2/h5-6H,1H2,2-4H3;1-2H3. The SMILES string of the molecule is C=CC(C)=NC=C(C)C.CC. The summed E-state index contributed by atoms with van der Waals surface area (Å²) < 4.78 is 0. The van der Waals surface area contributed by atoms with E-state index in [2.05, 4.69) is 11.6 Å². The van der Waals surface area contributed by atoms with Gasteiger partial charge in [-0.1, -0.05) is 26.0 Å². The largest absolute Gasteiger partial charge is 0.262 e. The van der Waals surface area contributed by atoms with Crippen molar-refractivity contribution in [2.75, 3.05) is 0 Å². The Kier molecular flexibility index (Phi) is 10.6. The molecule has 0 saturated heterocycles. The molecule has 0 aliphatic heterocycles. The molecule has 0 fully saturated rings. The van der Waals surface area contributed by atoms with Gasteiger partial charge < -0.3 is 0 Å². The first-order valence-corrected chi connectivity index (χ1v) is 3.97. The number of allylic oxidation sites excluding steroid dienone is 2. The van der Waals surface area contributed by atoms with Gasteiger partial charge in [-0.2, -0.15) is 0 Å².